The zero-order valence-electron chi connectivity index (χ0n) is 20.0. The average Bonchev–Trinajstić information content (AvgIpc) is 3.27. The van der Waals surface area contributed by atoms with E-state index in [4.69, 9.17) is 0 Å². The molecule has 0 fully saturated rings. The summed E-state index contributed by atoms with van der Waals surface area (Å²) in [6, 6.07) is 25.7. The van der Waals surface area contributed by atoms with Gasteiger partial charge in [-0.2, -0.15) is 13.2 Å². The second-order valence-corrected chi connectivity index (χ2v) is 9.34. The van der Waals surface area contributed by atoms with Crippen LogP contribution in [0.2, 0.25) is 0 Å². The van der Waals surface area contributed by atoms with Crippen molar-refractivity contribution in [1.29, 1.82) is 0 Å². The van der Waals surface area contributed by atoms with Gasteiger partial charge in [0.05, 0.1) is 16.9 Å². The number of carbonyl (C=O) groups is 1. The van der Waals surface area contributed by atoms with Gasteiger partial charge in [0.15, 0.2) is 0 Å². The molecule has 1 aromatic heterocycles. The predicted molar refractivity (Wildman–Crippen MR) is 146 cm³/mol. The number of carbonyl (C=O) groups excluding carboxylic acids is 1. The SMILES string of the molecule is CN(CCNC(=O)c1ccccc1)Cc1ccc(-c2ccc(Br)cc2)n1-c1ccccc1C(F)(F)F.Cl. The molecule has 3 aromatic carbocycles. The van der Waals surface area contributed by atoms with Gasteiger partial charge in [-0.1, -0.05) is 58.4 Å². The highest BCUT2D eigenvalue weighted by atomic mass is 79.9. The molecule has 9 heteroatoms. The van der Waals surface area contributed by atoms with Crippen LogP contribution in [0.25, 0.3) is 16.9 Å². The average molecular weight is 593 g/mol. The number of para-hydroxylation sites is 1. The fourth-order valence-corrected chi connectivity index (χ4v) is 4.31. The molecule has 0 aliphatic rings. The summed E-state index contributed by atoms with van der Waals surface area (Å²) in [5.74, 6) is -0.163. The summed E-state index contributed by atoms with van der Waals surface area (Å²) in [5, 5.41) is 2.89. The van der Waals surface area contributed by atoms with Crippen LogP contribution >= 0.6 is 28.3 Å². The molecule has 0 radical (unpaired) electrons. The molecule has 1 heterocycles. The monoisotopic (exact) mass is 591 g/mol. The second kappa shape index (κ2) is 12.4. The van der Waals surface area contributed by atoms with E-state index in [1.165, 1.54) is 12.1 Å². The molecule has 0 saturated heterocycles. The van der Waals surface area contributed by atoms with Gasteiger partial charge < -0.3 is 9.88 Å². The minimum atomic E-state index is -4.50. The number of alkyl halides is 3. The fourth-order valence-electron chi connectivity index (χ4n) is 4.05. The summed E-state index contributed by atoms with van der Waals surface area (Å²) < 4.78 is 44.4. The number of likely N-dealkylation sites (N-methyl/N-ethyl adjacent to an activating group) is 1. The summed E-state index contributed by atoms with van der Waals surface area (Å²) in [6.07, 6.45) is -4.50. The van der Waals surface area contributed by atoms with Crippen molar-refractivity contribution >= 4 is 34.2 Å². The first-order valence-corrected chi connectivity index (χ1v) is 12.2. The molecular weight excluding hydrogens is 567 g/mol. The molecule has 37 heavy (non-hydrogen) atoms. The lowest BCUT2D eigenvalue weighted by atomic mass is 10.1. The van der Waals surface area contributed by atoms with Crippen molar-refractivity contribution in [1.82, 2.24) is 14.8 Å². The van der Waals surface area contributed by atoms with Crippen LogP contribution in [0, 0.1) is 0 Å². The molecule has 4 aromatic rings. The highest BCUT2D eigenvalue weighted by Crippen LogP contribution is 2.37. The number of nitrogens with one attached hydrogen (secondary N) is 1. The first kappa shape index (κ1) is 28.5. The lowest BCUT2D eigenvalue weighted by Crippen LogP contribution is -2.33. The minimum Gasteiger partial charge on any atom is -0.351 e. The molecule has 0 aliphatic heterocycles. The fraction of sp³-hybridized carbons (Fsp3) is 0.179. The van der Waals surface area contributed by atoms with E-state index in [0.29, 0.717) is 36.6 Å². The minimum absolute atomic E-state index is 0. The van der Waals surface area contributed by atoms with Gasteiger partial charge in [0.25, 0.3) is 5.91 Å². The lowest BCUT2D eigenvalue weighted by Gasteiger charge is -2.22. The number of rotatable bonds is 8. The van der Waals surface area contributed by atoms with Crippen molar-refractivity contribution in [2.75, 3.05) is 20.1 Å². The maximum absolute atomic E-state index is 13.9. The molecule has 1 amide bonds. The molecule has 0 saturated carbocycles. The van der Waals surface area contributed by atoms with Crippen molar-refractivity contribution in [2.24, 2.45) is 0 Å². The number of nitrogens with zero attached hydrogens (tertiary/aromatic N) is 2. The summed E-state index contributed by atoms with van der Waals surface area (Å²) in [7, 11) is 1.88. The van der Waals surface area contributed by atoms with Crippen molar-refractivity contribution in [2.45, 2.75) is 12.7 Å². The lowest BCUT2D eigenvalue weighted by molar-refractivity contribution is -0.137. The maximum atomic E-state index is 13.9. The van der Waals surface area contributed by atoms with E-state index in [1.807, 2.05) is 54.4 Å². The molecule has 0 aliphatic carbocycles. The molecule has 0 spiro atoms. The van der Waals surface area contributed by atoms with Crippen LogP contribution in [0.5, 0.6) is 0 Å². The molecule has 0 unspecified atom stereocenters. The first-order valence-electron chi connectivity index (χ1n) is 11.4. The Balaban J connectivity index is 0.00000380. The van der Waals surface area contributed by atoms with Gasteiger partial charge in [0.2, 0.25) is 0 Å². The molecule has 0 atom stereocenters. The van der Waals surface area contributed by atoms with Crippen LogP contribution in [0.1, 0.15) is 21.6 Å². The summed E-state index contributed by atoms with van der Waals surface area (Å²) in [4.78, 5) is 14.3. The van der Waals surface area contributed by atoms with Crippen LogP contribution in [-0.2, 0) is 12.7 Å². The second-order valence-electron chi connectivity index (χ2n) is 8.43. The Labute approximate surface area is 228 Å². The Hall–Kier alpha value is -3.07. The highest BCUT2D eigenvalue weighted by molar-refractivity contribution is 9.10. The first-order chi connectivity index (χ1) is 17.2. The van der Waals surface area contributed by atoms with Crippen LogP contribution in [0.15, 0.2) is 95.5 Å². The molecule has 194 valence electrons. The zero-order chi connectivity index (χ0) is 25.7. The Kier molecular flexibility index (Phi) is 9.59. The Morgan fingerprint density at radius 1 is 0.919 bits per heavy atom. The number of benzene rings is 3. The van der Waals surface area contributed by atoms with E-state index in [0.717, 1.165) is 16.1 Å². The highest BCUT2D eigenvalue weighted by Gasteiger charge is 2.34. The summed E-state index contributed by atoms with van der Waals surface area (Å²) in [5.41, 5.74) is 2.14. The maximum Gasteiger partial charge on any atom is 0.418 e. The van der Waals surface area contributed by atoms with Gasteiger partial charge in [-0.3, -0.25) is 9.69 Å². The normalized spacial score (nSPS) is 11.3. The van der Waals surface area contributed by atoms with Gasteiger partial charge in [-0.15, -0.1) is 12.4 Å². The number of hydrogen-bond acceptors (Lipinski definition) is 2. The van der Waals surface area contributed by atoms with Gasteiger partial charge >= 0.3 is 6.18 Å². The smallest absolute Gasteiger partial charge is 0.351 e. The molecule has 4 nitrogen and oxygen atoms in total. The third-order valence-corrected chi connectivity index (χ3v) is 6.33. The molecule has 4 rings (SSSR count). The van der Waals surface area contributed by atoms with Crippen molar-refractivity contribution in [3.8, 4) is 16.9 Å². The molecule has 0 bridgehead atoms. The van der Waals surface area contributed by atoms with E-state index in [1.54, 1.807) is 34.9 Å². The van der Waals surface area contributed by atoms with Crippen LogP contribution in [-0.4, -0.2) is 35.5 Å². The van der Waals surface area contributed by atoms with E-state index in [2.05, 4.69) is 21.2 Å². The predicted octanol–water partition coefficient (Wildman–Crippen LogP) is 7.21. The van der Waals surface area contributed by atoms with Crippen molar-refractivity contribution in [3.63, 3.8) is 0 Å². The zero-order valence-corrected chi connectivity index (χ0v) is 22.4. The largest absolute Gasteiger partial charge is 0.418 e. The van der Waals surface area contributed by atoms with Gasteiger partial charge in [-0.05, 0) is 61.1 Å². The van der Waals surface area contributed by atoms with Gasteiger partial charge in [0.1, 0.15) is 0 Å². The molecule has 1 N–H and O–H groups in total. The van der Waals surface area contributed by atoms with Gasteiger partial charge in [0, 0.05) is 35.4 Å². The Bertz CT molecular complexity index is 1320. The molecular formula is C28H26BrClF3N3O. The standard InChI is InChI=1S/C28H25BrF3N3O.ClH/c1-34(18-17-33-27(36)21-7-3-2-4-8-21)19-23-15-16-25(20-11-13-22(29)14-12-20)35(23)26-10-6-5-9-24(26)28(30,31)32;/h2-16H,17-19H2,1H3,(H,33,36);1H. The topological polar surface area (TPSA) is 37.3 Å². The van der Waals surface area contributed by atoms with E-state index >= 15 is 0 Å². The Morgan fingerprint density at radius 2 is 1.57 bits per heavy atom. The number of halogens is 5. The number of amides is 1. The van der Waals surface area contributed by atoms with Crippen molar-refractivity contribution < 1.29 is 18.0 Å². The van der Waals surface area contributed by atoms with E-state index in [-0.39, 0.29) is 24.0 Å². The van der Waals surface area contributed by atoms with Crippen LogP contribution < -0.4 is 5.32 Å². The van der Waals surface area contributed by atoms with Gasteiger partial charge in [-0.25, -0.2) is 0 Å². The van der Waals surface area contributed by atoms with E-state index in [9.17, 15) is 18.0 Å². The van der Waals surface area contributed by atoms with Crippen LogP contribution in [0.3, 0.4) is 0 Å². The number of aromatic nitrogens is 1. The van der Waals surface area contributed by atoms with E-state index < -0.39 is 11.7 Å². The number of hydrogen-bond donors (Lipinski definition) is 1. The quantitative estimate of drug-likeness (QED) is 0.235. The van der Waals surface area contributed by atoms with Crippen molar-refractivity contribution in [3.05, 3.63) is 112 Å². The summed E-state index contributed by atoms with van der Waals surface area (Å²) >= 11 is 3.41. The summed E-state index contributed by atoms with van der Waals surface area (Å²) in [6.45, 7) is 1.33. The van der Waals surface area contributed by atoms with Crippen LogP contribution in [0.4, 0.5) is 13.2 Å². The Morgan fingerprint density at radius 3 is 2.24 bits per heavy atom. The third kappa shape index (κ3) is 7.03. The third-order valence-electron chi connectivity index (χ3n) is 5.80.